The van der Waals surface area contributed by atoms with Gasteiger partial charge in [-0.25, -0.2) is 5.43 Å². The van der Waals surface area contributed by atoms with Gasteiger partial charge < -0.3 is 0 Å². The highest BCUT2D eigenvalue weighted by molar-refractivity contribution is 6.89. The first-order valence-electron chi connectivity index (χ1n) is 6.26. The van der Waals surface area contributed by atoms with Gasteiger partial charge in [-0.05, 0) is 28.2 Å². The van der Waals surface area contributed by atoms with E-state index in [2.05, 4.69) is 87.0 Å². The Morgan fingerprint density at radius 1 is 0.706 bits per heavy atom. The second-order valence-corrected chi connectivity index (χ2v) is 17.1. The fourth-order valence-electron chi connectivity index (χ4n) is 2.20. The molecule has 0 amide bonds. The predicted molar refractivity (Wildman–Crippen MR) is 82.8 cm³/mol. The molecule has 0 aliphatic heterocycles. The maximum atomic E-state index is 3.74. The first-order chi connectivity index (χ1) is 7.37. The number of hydrogen-bond donors (Lipinski definition) is 1. The summed E-state index contributed by atoms with van der Waals surface area (Å²) in [6.07, 6.45) is 0.258. The van der Waals surface area contributed by atoms with Gasteiger partial charge in [-0.15, -0.1) is 0 Å². The van der Waals surface area contributed by atoms with Crippen molar-refractivity contribution in [3.05, 3.63) is 0 Å². The molecule has 0 bridgehead atoms. The van der Waals surface area contributed by atoms with E-state index in [-0.39, 0.29) is 6.29 Å². The summed E-state index contributed by atoms with van der Waals surface area (Å²) in [6.45, 7) is 14.4. The van der Waals surface area contributed by atoms with Crippen molar-refractivity contribution in [2.75, 3.05) is 28.2 Å². The average molecular weight is 277 g/mol. The summed E-state index contributed by atoms with van der Waals surface area (Å²) in [5.41, 5.74) is 3.74. The Hall–Kier alpha value is 0.274. The summed E-state index contributed by atoms with van der Waals surface area (Å²) in [4.78, 5) is 4.43. The number of nitrogens with zero attached hydrogens (tertiary/aromatic N) is 3. The number of hydrazine groups is 1. The molecule has 17 heavy (non-hydrogen) atoms. The summed E-state index contributed by atoms with van der Waals surface area (Å²) in [5.74, 6) is 0. The first-order valence-corrected chi connectivity index (χ1v) is 13.2. The number of nitrogens with one attached hydrogen (secondary N) is 1. The van der Waals surface area contributed by atoms with Crippen LogP contribution in [-0.2, 0) is 0 Å². The van der Waals surface area contributed by atoms with Gasteiger partial charge in [0.15, 0.2) is 0 Å². The van der Waals surface area contributed by atoms with Gasteiger partial charge in [0.05, 0.1) is 0 Å². The Labute approximate surface area is 110 Å². The standard InChI is InChI=1S/C11H32N4Si2/c1-13(2)11(14(3)4)12-15(16(5,6)7)17(8,9)10/h11-12H,1-10H3. The highest BCUT2D eigenvalue weighted by Gasteiger charge is 2.36. The number of hydrogen-bond acceptors (Lipinski definition) is 4. The quantitative estimate of drug-likeness (QED) is 0.454. The zero-order valence-electron chi connectivity index (χ0n) is 13.4. The van der Waals surface area contributed by atoms with Gasteiger partial charge in [0.1, 0.15) is 22.8 Å². The van der Waals surface area contributed by atoms with Crippen LogP contribution in [0.1, 0.15) is 0 Å². The van der Waals surface area contributed by atoms with Crippen LogP contribution in [0.3, 0.4) is 0 Å². The largest absolute Gasteiger partial charge is 0.284 e. The Bertz CT molecular complexity index is 209. The molecule has 0 spiro atoms. The van der Waals surface area contributed by atoms with E-state index in [1.165, 1.54) is 0 Å². The lowest BCUT2D eigenvalue weighted by Crippen LogP contribution is -2.70. The topological polar surface area (TPSA) is 21.8 Å². The van der Waals surface area contributed by atoms with Crippen LogP contribution in [0.4, 0.5) is 0 Å². The van der Waals surface area contributed by atoms with Crippen LogP contribution in [0, 0.1) is 0 Å². The summed E-state index contributed by atoms with van der Waals surface area (Å²) in [5, 5.41) is 0. The molecular formula is C11H32N4Si2. The molecule has 0 aromatic rings. The first kappa shape index (κ1) is 17.3. The van der Waals surface area contributed by atoms with Gasteiger partial charge in [-0.1, -0.05) is 39.3 Å². The highest BCUT2D eigenvalue weighted by Crippen LogP contribution is 2.17. The van der Waals surface area contributed by atoms with E-state index in [1.54, 1.807) is 0 Å². The Balaban J connectivity index is 4.99. The molecule has 1 N–H and O–H groups in total. The Morgan fingerprint density at radius 2 is 1.00 bits per heavy atom. The van der Waals surface area contributed by atoms with E-state index >= 15 is 0 Å². The van der Waals surface area contributed by atoms with Gasteiger partial charge in [-0.2, -0.15) is 0 Å². The monoisotopic (exact) mass is 276 g/mol. The Morgan fingerprint density at radius 3 is 1.18 bits per heavy atom. The van der Waals surface area contributed by atoms with Crippen LogP contribution in [0.5, 0.6) is 0 Å². The molecule has 0 aliphatic rings. The van der Waals surface area contributed by atoms with Crippen molar-refractivity contribution in [2.45, 2.75) is 45.6 Å². The molecule has 104 valence electrons. The predicted octanol–water partition coefficient (Wildman–Crippen LogP) is 1.87. The van der Waals surface area contributed by atoms with Crippen LogP contribution in [0.2, 0.25) is 39.3 Å². The van der Waals surface area contributed by atoms with Crippen molar-refractivity contribution < 1.29 is 0 Å². The van der Waals surface area contributed by atoms with Crippen molar-refractivity contribution in [3.63, 3.8) is 0 Å². The van der Waals surface area contributed by atoms with E-state index in [0.717, 1.165) is 0 Å². The third-order valence-electron chi connectivity index (χ3n) is 2.56. The molecule has 0 radical (unpaired) electrons. The van der Waals surface area contributed by atoms with Gasteiger partial charge in [0.25, 0.3) is 0 Å². The Kier molecular flexibility index (Phi) is 6.04. The maximum absolute atomic E-state index is 3.74. The lowest BCUT2D eigenvalue weighted by molar-refractivity contribution is 0.0634. The molecular weight excluding hydrogens is 244 g/mol. The van der Waals surface area contributed by atoms with Gasteiger partial charge in [0.2, 0.25) is 0 Å². The minimum atomic E-state index is -1.35. The smallest absolute Gasteiger partial charge is 0.128 e. The molecule has 0 aromatic carbocycles. The molecule has 0 rings (SSSR count). The van der Waals surface area contributed by atoms with Crippen molar-refractivity contribution in [1.82, 2.24) is 19.6 Å². The molecule has 4 nitrogen and oxygen atoms in total. The maximum Gasteiger partial charge on any atom is 0.128 e. The van der Waals surface area contributed by atoms with Crippen molar-refractivity contribution in [1.29, 1.82) is 0 Å². The third-order valence-corrected chi connectivity index (χ3v) is 9.53. The molecule has 0 fully saturated rings. The van der Waals surface area contributed by atoms with E-state index in [1.807, 2.05) is 0 Å². The van der Waals surface area contributed by atoms with Crippen molar-refractivity contribution in [2.24, 2.45) is 0 Å². The van der Waals surface area contributed by atoms with Crippen LogP contribution in [0.15, 0.2) is 0 Å². The van der Waals surface area contributed by atoms with Gasteiger partial charge in [0, 0.05) is 0 Å². The zero-order valence-corrected chi connectivity index (χ0v) is 15.4. The summed E-state index contributed by atoms with van der Waals surface area (Å²) >= 11 is 0. The lowest BCUT2D eigenvalue weighted by Gasteiger charge is -2.47. The second kappa shape index (κ2) is 5.94. The van der Waals surface area contributed by atoms with E-state index in [4.69, 9.17) is 0 Å². The van der Waals surface area contributed by atoms with E-state index < -0.39 is 16.5 Å². The molecule has 0 unspecified atom stereocenters. The van der Waals surface area contributed by atoms with Crippen LogP contribution >= 0.6 is 0 Å². The van der Waals surface area contributed by atoms with E-state index in [0.29, 0.717) is 0 Å². The summed E-state index contributed by atoms with van der Waals surface area (Å²) < 4.78 is 2.60. The van der Waals surface area contributed by atoms with Gasteiger partial charge >= 0.3 is 0 Å². The molecule has 0 saturated heterocycles. The van der Waals surface area contributed by atoms with Crippen molar-refractivity contribution >= 4 is 16.5 Å². The zero-order chi connectivity index (χ0) is 14.0. The fourth-order valence-corrected chi connectivity index (χ4v) is 11.3. The lowest BCUT2D eigenvalue weighted by atomic mass is 10.6. The van der Waals surface area contributed by atoms with E-state index in [9.17, 15) is 0 Å². The molecule has 0 aromatic heterocycles. The highest BCUT2D eigenvalue weighted by atomic mass is 28.4. The normalized spacial score (nSPS) is 14.5. The van der Waals surface area contributed by atoms with Crippen LogP contribution < -0.4 is 5.43 Å². The SMILES string of the molecule is CN(C)C(NN([Si](C)(C)C)[Si](C)(C)C)N(C)C. The van der Waals surface area contributed by atoms with Crippen LogP contribution in [-0.4, -0.2) is 65.1 Å². The molecule has 6 heteroatoms. The molecule has 0 atom stereocenters. The fraction of sp³-hybridized carbons (Fsp3) is 1.00. The minimum Gasteiger partial charge on any atom is -0.284 e. The molecule has 0 aliphatic carbocycles. The average Bonchev–Trinajstić information content (AvgIpc) is 1.96. The second-order valence-electron chi connectivity index (χ2n) is 7.11. The van der Waals surface area contributed by atoms with Crippen molar-refractivity contribution in [3.8, 4) is 0 Å². The number of rotatable bonds is 6. The summed E-state index contributed by atoms with van der Waals surface area (Å²) in [6, 6.07) is 0. The molecule has 0 saturated carbocycles. The minimum absolute atomic E-state index is 0.258. The van der Waals surface area contributed by atoms with Gasteiger partial charge in [-0.3, -0.25) is 14.1 Å². The molecule has 0 heterocycles. The summed E-state index contributed by atoms with van der Waals surface area (Å²) in [7, 11) is 5.77. The van der Waals surface area contributed by atoms with Crippen LogP contribution in [0.25, 0.3) is 0 Å². The third kappa shape index (κ3) is 5.63.